The van der Waals surface area contributed by atoms with Gasteiger partial charge in [-0.15, -0.1) is 0 Å². The van der Waals surface area contributed by atoms with Gasteiger partial charge in [0.2, 0.25) is 5.91 Å². The van der Waals surface area contributed by atoms with E-state index in [9.17, 15) is 4.79 Å². The summed E-state index contributed by atoms with van der Waals surface area (Å²) in [5.74, 6) is 1.62. The van der Waals surface area contributed by atoms with Crippen LogP contribution in [0.4, 0.5) is 0 Å². The Balaban J connectivity index is 2.67. The van der Waals surface area contributed by atoms with Gasteiger partial charge in [0.15, 0.2) is 0 Å². The third-order valence-corrected chi connectivity index (χ3v) is 5.92. The Morgan fingerprint density at radius 1 is 1.24 bits per heavy atom. The molecule has 1 N–H and O–H groups in total. The van der Waals surface area contributed by atoms with Crippen LogP contribution in [0.3, 0.4) is 0 Å². The van der Waals surface area contributed by atoms with Gasteiger partial charge in [-0.05, 0) is 58.2 Å². The maximum Gasteiger partial charge on any atom is 0.237 e. The molecule has 4 atom stereocenters. The third kappa shape index (κ3) is 7.65. The van der Waals surface area contributed by atoms with Crippen LogP contribution in [0.2, 0.25) is 0 Å². The lowest BCUT2D eigenvalue weighted by molar-refractivity contribution is -0.126. The summed E-state index contributed by atoms with van der Waals surface area (Å²) >= 11 is 0. The molecule has 0 aliphatic carbocycles. The first kappa shape index (κ1) is 22.4. The number of amides is 1. The van der Waals surface area contributed by atoms with E-state index in [0.29, 0.717) is 12.0 Å². The average molecular weight is 354 g/mol. The zero-order chi connectivity index (χ0) is 18.8. The highest BCUT2D eigenvalue weighted by atomic mass is 16.2. The SMILES string of the molecule is CCCC(NC(=O)C1CCCN1CCN(C)C)C(CC)CC(C)CC. The van der Waals surface area contributed by atoms with E-state index in [1.807, 2.05) is 0 Å². The maximum atomic E-state index is 13.0. The van der Waals surface area contributed by atoms with Crippen molar-refractivity contribution in [3.8, 4) is 0 Å². The molecular formula is C21H43N3O. The van der Waals surface area contributed by atoms with E-state index in [2.05, 4.69) is 56.9 Å². The predicted octanol–water partition coefficient (Wildman–Crippen LogP) is 3.76. The minimum atomic E-state index is 0.0837. The highest BCUT2D eigenvalue weighted by molar-refractivity contribution is 5.82. The third-order valence-electron chi connectivity index (χ3n) is 5.92. The molecule has 0 aromatic carbocycles. The van der Waals surface area contributed by atoms with Crippen LogP contribution in [0, 0.1) is 11.8 Å². The first-order valence-electron chi connectivity index (χ1n) is 10.6. The second-order valence-electron chi connectivity index (χ2n) is 8.32. The zero-order valence-electron chi connectivity index (χ0n) is 17.7. The number of nitrogens with one attached hydrogen (secondary N) is 1. The highest BCUT2D eigenvalue weighted by Gasteiger charge is 2.32. The minimum Gasteiger partial charge on any atom is -0.352 e. The number of likely N-dealkylation sites (N-methyl/N-ethyl adjacent to an activating group) is 1. The van der Waals surface area contributed by atoms with Crippen LogP contribution in [-0.2, 0) is 4.79 Å². The first-order chi connectivity index (χ1) is 11.9. The Morgan fingerprint density at radius 2 is 1.96 bits per heavy atom. The molecule has 1 saturated heterocycles. The molecule has 4 nitrogen and oxygen atoms in total. The maximum absolute atomic E-state index is 13.0. The molecule has 25 heavy (non-hydrogen) atoms. The van der Waals surface area contributed by atoms with Crippen LogP contribution < -0.4 is 5.32 Å². The number of hydrogen-bond acceptors (Lipinski definition) is 3. The molecule has 1 aliphatic heterocycles. The van der Waals surface area contributed by atoms with E-state index in [4.69, 9.17) is 0 Å². The second kappa shape index (κ2) is 11.9. The van der Waals surface area contributed by atoms with Gasteiger partial charge in [-0.3, -0.25) is 9.69 Å². The van der Waals surface area contributed by atoms with E-state index in [1.165, 1.54) is 12.8 Å². The highest BCUT2D eigenvalue weighted by Crippen LogP contribution is 2.25. The topological polar surface area (TPSA) is 35.6 Å². The standard InChI is InChI=1S/C21H43N3O/c1-7-11-19(18(9-3)16-17(4)8-2)22-21(25)20-12-10-13-24(20)15-14-23(5)6/h17-20H,7-16H2,1-6H3,(H,22,25). The van der Waals surface area contributed by atoms with Crippen molar-refractivity contribution in [2.75, 3.05) is 33.7 Å². The quantitative estimate of drug-likeness (QED) is 0.580. The summed E-state index contributed by atoms with van der Waals surface area (Å²) in [6.45, 7) is 12.2. The van der Waals surface area contributed by atoms with Crippen molar-refractivity contribution >= 4 is 5.91 Å². The molecule has 0 radical (unpaired) electrons. The van der Waals surface area contributed by atoms with Gasteiger partial charge in [-0.25, -0.2) is 0 Å². The lowest BCUT2D eigenvalue weighted by Crippen LogP contribution is -2.50. The number of likely N-dealkylation sites (tertiary alicyclic amines) is 1. The van der Waals surface area contributed by atoms with Crippen molar-refractivity contribution in [1.82, 2.24) is 15.1 Å². The van der Waals surface area contributed by atoms with Crippen LogP contribution >= 0.6 is 0 Å². The van der Waals surface area contributed by atoms with Crippen molar-refractivity contribution < 1.29 is 4.79 Å². The molecule has 0 spiro atoms. The Bertz CT molecular complexity index is 372. The van der Waals surface area contributed by atoms with Crippen LogP contribution in [0.5, 0.6) is 0 Å². The van der Waals surface area contributed by atoms with E-state index >= 15 is 0 Å². The van der Waals surface area contributed by atoms with Gasteiger partial charge in [0.25, 0.3) is 0 Å². The molecular weight excluding hydrogens is 310 g/mol. The van der Waals surface area contributed by atoms with Crippen molar-refractivity contribution in [1.29, 1.82) is 0 Å². The minimum absolute atomic E-state index is 0.0837. The fourth-order valence-corrected chi connectivity index (χ4v) is 4.03. The monoisotopic (exact) mass is 353 g/mol. The summed E-state index contributed by atoms with van der Waals surface area (Å²) in [4.78, 5) is 17.6. The summed E-state index contributed by atoms with van der Waals surface area (Å²) in [5, 5.41) is 3.46. The zero-order valence-corrected chi connectivity index (χ0v) is 17.7. The molecule has 1 aliphatic rings. The number of carbonyl (C=O) groups excluding carboxylic acids is 1. The molecule has 0 aromatic heterocycles. The predicted molar refractivity (Wildman–Crippen MR) is 108 cm³/mol. The van der Waals surface area contributed by atoms with Gasteiger partial charge < -0.3 is 10.2 Å². The average Bonchev–Trinajstić information content (AvgIpc) is 3.05. The normalized spacial score (nSPS) is 22.1. The van der Waals surface area contributed by atoms with Crippen molar-refractivity contribution in [3.63, 3.8) is 0 Å². The summed E-state index contributed by atoms with van der Waals surface area (Å²) in [7, 11) is 4.20. The molecule has 0 saturated carbocycles. The Morgan fingerprint density at radius 3 is 2.52 bits per heavy atom. The summed E-state index contributed by atoms with van der Waals surface area (Å²) < 4.78 is 0. The number of rotatable bonds is 12. The first-order valence-corrected chi connectivity index (χ1v) is 10.6. The largest absolute Gasteiger partial charge is 0.352 e. The lowest BCUT2D eigenvalue weighted by Gasteiger charge is -2.32. The van der Waals surface area contributed by atoms with E-state index in [-0.39, 0.29) is 11.9 Å². The van der Waals surface area contributed by atoms with E-state index < -0.39 is 0 Å². The van der Waals surface area contributed by atoms with Crippen molar-refractivity contribution in [2.24, 2.45) is 11.8 Å². The molecule has 4 heteroatoms. The van der Waals surface area contributed by atoms with Gasteiger partial charge in [0.1, 0.15) is 0 Å². The summed E-state index contributed by atoms with van der Waals surface area (Å²) in [5.41, 5.74) is 0. The van der Waals surface area contributed by atoms with Gasteiger partial charge in [-0.2, -0.15) is 0 Å². The van der Waals surface area contributed by atoms with Crippen LogP contribution in [0.1, 0.15) is 72.6 Å². The molecule has 148 valence electrons. The Kier molecular flexibility index (Phi) is 10.7. The fraction of sp³-hybridized carbons (Fsp3) is 0.952. The lowest BCUT2D eigenvalue weighted by atomic mass is 9.84. The molecule has 4 unspecified atom stereocenters. The van der Waals surface area contributed by atoms with Crippen molar-refractivity contribution in [2.45, 2.75) is 84.7 Å². The molecule has 1 rings (SSSR count). The molecule has 1 fully saturated rings. The molecule has 0 aromatic rings. The van der Waals surface area contributed by atoms with Gasteiger partial charge in [-0.1, -0.05) is 47.0 Å². The van der Waals surface area contributed by atoms with E-state index in [0.717, 1.165) is 57.7 Å². The van der Waals surface area contributed by atoms with Gasteiger partial charge in [0.05, 0.1) is 6.04 Å². The van der Waals surface area contributed by atoms with Crippen LogP contribution in [-0.4, -0.2) is 61.5 Å². The fourth-order valence-electron chi connectivity index (χ4n) is 4.03. The number of hydrogen-bond donors (Lipinski definition) is 1. The van der Waals surface area contributed by atoms with E-state index in [1.54, 1.807) is 0 Å². The number of carbonyl (C=O) groups is 1. The summed E-state index contributed by atoms with van der Waals surface area (Å²) in [6, 6.07) is 0.424. The van der Waals surface area contributed by atoms with Crippen molar-refractivity contribution in [3.05, 3.63) is 0 Å². The second-order valence-corrected chi connectivity index (χ2v) is 8.32. The van der Waals surface area contributed by atoms with Crippen LogP contribution in [0.15, 0.2) is 0 Å². The van der Waals surface area contributed by atoms with Gasteiger partial charge >= 0.3 is 0 Å². The Labute approximate surface area is 156 Å². The molecule has 1 amide bonds. The Hall–Kier alpha value is -0.610. The molecule has 1 heterocycles. The smallest absolute Gasteiger partial charge is 0.237 e. The van der Waals surface area contributed by atoms with Crippen LogP contribution in [0.25, 0.3) is 0 Å². The van der Waals surface area contributed by atoms with Gasteiger partial charge in [0, 0.05) is 19.1 Å². The summed E-state index contributed by atoms with van der Waals surface area (Å²) in [6.07, 6.45) is 8.01. The number of nitrogens with zero attached hydrogens (tertiary/aromatic N) is 2. The molecule has 0 bridgehead atoms.